The Bertz CT molecular complexity index is 404. The second-order valence-corrected chi connectivity index (χ2v) is 5.30. The molecular formula is C12H16BrFN2O. The molecule has 1 unspecified atom stereocenters. The summed E-state index contributed by atoms with van der Waals surface area (Å²) >= 11 is 3.35. The first kappa shape index (κ1) is 13.0. The molecule has 0 bridgehead atoms. The number of nitrogens with one attached hydrogen (secondary N) is 1. The first-order chi connectivity index (χ1) is 8.13. The fraction of sp³-hybridized carbons (Fsp3) is 0.500. The highest BCUT2D eigenvalue weighted by Gasteiger charge is 2.45. The van der Waals surface area contributed by atoms with Gasteiger partial charge in [-0.05, 0) is 37.5 Å². The summed E-state index contributed by atoms with van der Waals surface area (Å²) in [6.07, 6.45) is 2.87. The average Bonchev–Trinajstić information content (AvgIpc) is 2.27. The number of benzene rings is 1. The highest BCUT2D eigenvalue weighted by Crippen LogP contribution is 2.45. The smallest absolute Gasteiger partial charge is 0.128 e. The molecule has 2 rings (SSSR count). The SMILES string of the molecule is COC1(C(NN)c2cc(Br)ccc2F)CCC1. The lowest BCUT2D eigenvalue weighted by atomic mass is 9.72. The van der Waals surface area contributed by atoms with Crippen LogP contribution in [0, 0.1) is 5.82 Å². The summed E-state index contributed by atoms with van der Waals surface area (Å²) in [6.45, 7) is 0. The third kappa shape index (κ3) is 2.25. The van der Waals surface area contributed by atoms with E-state index in [9.17, 15) is 4.39 Å². The minimum atomic E-state index is -0.379. The molecule has 1 aromatic rings. The maximum absolute atomic E-state index is 13.9. The number of methoxy groups -OCH3 is 1. The normalized spacial score (nSPS) is 19.8. The molecule has 1 aromatic carbocycles. The van der Waals surface area contributed by atoms with E-state index >= 15 is 0 Å². The van der Waals surface area contributed by atoms with Crippen LogP contribution in [0.3, 0.4) is 0 Å². The standard InChI is InChI=1S/C12H16BrFN2O/c1-17-12(5-2-6-12)11(16-15)9-7-8(13)3-4-10(9)14/h3-4,7,11,16H,2,5-6,15H2,1H3. The largest absolute Gasteiger partial charge is 0.376 e. The maximum Gasteiger partial charge on any atom is 0.128 e. The second-order valence-electron chi connectivity index (χ2n) is 4.39. The van der Waals surface area contributed by atoms with Crippen molar-refractivity contribution in [3.8, 4) is 0 Å². The topological polar surface area (TPSA) is 47.3 Å². The Morgan fingerprint density at radius 2 is 2.24 bits per heavy atom. The van der Waals surface area contributed by atoms with Crippen LogP contribution in [0.4, 0.5) is 4.39 Å². The number of ether oxygens (including phenoxy) is 1. The van der Waals surface area contributed by atoms with Gasteiger partial charge in [-0.25, -0.2) is 9.82 Å². The third-order valence-corrected chi connectivity index (χ3v) is 4.06. The summed E-state index contributed by atoms with van der Waals surface area (Å²) in [7, 11) is 1.65. The minimum absolute atomic E-state index is 0.264. The zero-order chi connectivity index (χ0) is 12.5. The number of hydrogen-bond donors (Lipinski definition) is 2. The summed E-state index contributed by atoms with van der Waals surface area (Å²) in [6, 6.07) is 4.54. The Morgan fingerprint density at radius 1 is 1.53 bits per heavy atom. The second kappa shape index (κ2) is 5.02. The number of hydrogen-bond acceptors (Lipinski definition) is 3. The fourth-order valence-electron chi connectivity index (χ4n) is 2.40. The van der Waals surface area contributed by atoms with Crippen LogP contribution >= 0.6 is 15.9 Å². The lowest BCUT2D eigenvalue weighted by Gasteiger charge is -2.46. The fourth-order valence-corrected chi connectivity index (χ4v) is 2.78. The van der Waals surface area contributed by atoms with Crippen LogP contribution in [0.25, 0.3) is 0 Å². The van der Waals surface area contributed by atoms with Gasteiger partial charge in [-0.1, -0.05) is 15.9 Å². The van der Waals surface area contributed by atoms with Crippen LogP contribution in [0.1, 0.15) is 30.9 Å². The van der Waals surface area contributed by atoms with Gasteiger partial charge in [0.2, 0.25) is 0 Å². The molecule has 0 radical (unpaired) electrons. The van der Waals surface area contributed by atoms with Gasteiger partial charge < -0.3 is 4.74 Å². The summed E-state index contributed by atoms with van der Waals surface area (Å²) in [5.74, 6) is 5.32. The Morgan fingerprint density at radius 3 is 2.71 bits per heavy atom. The van der Waals surface area contributed by atoms with Gasteiger partial charge in [0.25, 0.3) is 0 Å². The molecule has 0 spiro atoms. The van der Waals surface area contributed by atoms with Gasteiger partial charge in [-0.3, -0.25) is 5.84 Å². The van der Waals surface area contributed by atoms with E-state index in [4.69, 9.17) is 10.6 Å². The van der Waals surface area contributed by atoms with Crippen LogP contribution in [-0.4, -0.2) is 12.7 Å². The number of rotatable bonds is 4. The molecule has 1 fully saturated rings. The Balaban J connectivity index is 2.37. The zero-order valence-electron chi connectivity index (χ0n) is 9.67. The van der Waals surface area contributed by atoms with Crippen molar-refractivity contribution in [3.63, 3.8) is 0 Å². The molecule has 0 heterocycles. The predicted molar refractivity (Wildman–Crippen MR) is 67.8 cm³/mol. The van der Waals surface area contributed by atoms with E-state index < -0.39 is 0 Å². The molecule has 17 heavy (non-hydrogen) atoms. The molecule has 94 valence electrons. The van der Waals surface area contributed by atoms with E-state index in [0.29, 0.717) is 5.56 Å². The summed E-state index contributed by atoms with van der Waals surface area (Å²) in [4.78, 5) is 0. The van der Waals surface area contributed by atoms with Gasteiger partial charge in [0.15, 0.2) is 0 Å². The first-order valence-electron chi connectivity index (χ1n) is 5.59. The summed E-state index contributed by atoms with van der Waals surface area (Å²) < 4.78 is 20.2. The molecule has 0 aliphatic heterocycles. The van der Waals surface area contributed by atoms with Crippen molar-refractivity contribution < 1.29 is 9.13 Å². The predicted octanol–water partition coefficient (Wildman–Crippen LogP) is 2.66. The minimum Gasteiger partial charge on any atom is -0.376 e. The van der Waals surface area contributed by atoms with Crippen LogP contribution in [-0.2, 0) is 4.74 Å². The quantitative estimate of drug-likeness (QED) is 0.664. The van der Waals surface area contributed by atoms with Gasteiger partial charge in [0.05, 0.1) is 11.6 Å². The molecule has 0 aromatic heterocycles. The Hall–Kier alpha value is -0.490. The van der Waals surface area contributed by atoms with Gasteiger partial charge in [-0.2, -0.15) is 0 Å². The lowest BCUT2D eigenvalue weighted by molar-refractivity contribution is -0.101. The van der Waals surface area contributed by atoms with Gasteiger partial charge >= 0.3 is 0 Å². The van der Waals surface area contributed by atoms with E-state index in [-0.39, 0.29) is 17.5 Å². The molecular weight excluding hydrogens is 287 g/mol. The van der Waals surface area contributed by atoms with Crippen LogP contribution < -0.4 is 11.3 Å². The molecule has 3 nitrogen and oxygen atoms in total. The van der Waals surface area contributed by atoms with Crippen molar-refractivity contribution >= 4 is 15.9 Å². The van der Waals surface area contributed by atoms with Crippen LogP contribution in [0.2, 0.25) is 0 Å². The molecule has 1 aliphatic rings. The van der Waals surface area contributed by atoms with Crippen LogP contribution in [0.5, 0.6) is 0 Å². The van der Waals surface area contributed by atoms with Gasteiger partial charge in [0, 0.05) is 17.1 Å². The van der Waals surface area contributed by atoms with E-state index in [0.717, 1.165) is 23.7 Å². The van der Waals surface area contributed by atoms with Crippen molar-refractivity contribution in [1.29, 1.82) is 0 Å². The number of halogens is 2. The monoisotopic (exact) mass is 302 g/mol. The van der Waals surface area contributed by atoms with Crippen molar-refractivity contribution in [3.05, 3.63) is 34.1 Å². The molecule has 0 amide bonds. The molecule has 1 saturated carbocycles. The van der Waals surface area contributed by atoms with E-state index in [1.807, 2.05) is 0 Å². The van der Waals surface area contributed by atoms with Crippen molar-refractivity contribution in [2.75, 3.05) is 7.11 Å². The average molecular weight is 303 g/mol. The van der Waals surface area contributed by atoms with E-state index in [2.05, 4.69) is 21.4 Å². The summed E-state index contributed by atoms with van der Waals surface area (Å²) in [5, 5.41) is 0. The third-order valence-electron chi connectivity index (χ3n) is 3.57. The molecule has 1 aliphatic carbocycles. The molecule has 1 atom stereocenters. The van der Waals surface area contributed by atoms with E-state index in [1.54, 1.807) is 19.2 Å². The number of hydrazine groups is 1. The first-order valence-corrected chi connectivity index (χ1v) is 6.38. The highest BCUT2D eigenvalue weighted by atomic mass is 79.9. The molecule has 0 saturated heterocycles. The van der Waals surface area contributed by atoms with Crippen molar-refractivity contribution in [2.45, 2.75) is 30.9 Å². The molecule has 3 N–H and O–H groups in total. The zero-order valence-corrected chi connectivity index (χ0v) is 11.3. The summed E-state index contributed by atoms with van der Waals surface area (Å²) in [5.41, 5.74) is 2.86. The van der Waals surface area contributed by atoms with Gasteiger partial charge in [0.1, 0.15) is 5.82 Å². The maximum atomic E-state index is 13.9. The van der Waals surface area contributed by atoms with E-state index in [1.165, 1.54) is 6.07 Å². The van der Waals surface area contributed by atoms with Crippen LogP contribution in [0.15, 0.2) is 22.7 Å². The Labute approximate surface area is 109 Å². The number of nitrogens with two attached hydrogens (primary N) is 1. The van der Waals surface area contributed by atoms with Crippen molar-refractivity contribution in [1.82, 2.24) is 5.43 Å². The Kier molecular flexibility index (Phi) is 3.82. The van der Waals surface area contributed by atoms with Crippen molar-refractivity contribution in [2.24, 2.45) is 5.84 Å². The van der Waals surface area contributed by atoms with Gasteiger partial charge in [-0.15, -0.1) is 0 Å². The highest BCUT2D eigenvalue weighted by molar-refractivity contribution is 9.10. The lowest BCUT2D eigenvalue weighted by Crippen LogP contribution is -2.52. The molecule has 5 heteroatoms.